The number of hydrogen-bond donors (Lipinski definition) is 0. The molecule has 0 heterocycles. The number of alkyl halides is 1. The summed E-state index contributed by atoms with van der Waals surface area (Å²) < 4.78 is 0. The van der Waals surface area contributed by atoms with Crippen molar-refractivity contribution < 1.29 is 0 Å². The number of allylic oxidation sites excluding steroid dienone is 6. The van der Waals surface area contributed by atoms with Crippen molar-refractivity contribution in [3.8, 4) is 0 Å². The maximum absolute atomic E-state index is 7.26. The topological polar surface area (TPSA) is 0 Å². The summed E-state index contributed by atoms with van der Waals surface area (Å²) in [5.41, 5.74) is 5.20. The van der Waals surface area contributed by atoms with E-state index in [-0.39, 0.29) is 4.87 Å². The van der Waals surface area contributed by atoms with E-state index in [0.717, 1.165) is 5.92 Å². The zero-order chi connectivity index (χ0) is 20.4. The van der Waals surface area contributed by atoms with Gasteiger partial charge in [-0.25, -0.2) is 0 Å². The Hall–Kier alpha value is -0.490. The largest absolute Gasteiger partial charge is 0.119 e. The van der Waals surface area contributed by atoms with Crippen molar-refractivity contribution >= 4 is 11.6 Å². The van der Waals surface area contributed by atoms with Crippen molar-refractivity contribution in [1.82, 2.24) is 0 Å². The molecule has 0 aliphatic heterocycles. The van der Waals surface area contributed by atoms with Crippen molar-refractivity contribution in [3.05, 3.63) is 34.9 Å². The minimum Gasteiger partial charge on any atom is -0.119 e. The number of hydrogen-bond acceptors (Lipinski definition) is 0. The zero-order valence-corrected chi connectivity index (χ0v) is 19.9. The third kappa shape index (κ3) is 4.80. The molecule has 3 rings (SSSR count). The van der Waals surface area contributed by atoms with E-state index in [1.165, 1.54) is 70.6 Å². The van der Waals surface area contributed by atoms with Gasteiger partial charge in [-0.15, -0.1) is 11.6 Å². The Labute approximate surface area is 179 Å². The molecule has 3 aliphatic carbocycles. The number of halogens is 1. The molecule has 1 saturated carbocycles. The lowest BCUT2D eigenvalue weighted by Gasteiger charge is -2.46. The highest BCUT2D eigenvalue weighted by atomic mass is 35.5. The molecule has 158 valence electrons. The van der Waals surface area contributed by atoms with Gasteiger partial charge in [-0.1, -0.05) is 57.4 Å². The second-order valence-electron chi connectivity index (χ2n) is 10.8. The van der Waals surface area contributed by atoms with E-state index in [1.807, 2.05) is 0 Å². The van der Waals surface area contributed by atoms with Crippen molar-refractivity contribution in [1.29, 1.82) is 0 Å². The highest BCUT2D eigenvalue weighted by Crippen LogP contribution is 2.61. The summed E-state index contributed by atoms with van der Waals surface area (Å²) in [6.45, 7) is 11.9. The lowest BCUT2D eigenvalue weighted by molar-refractivity contribution is 0.120. The minimum atomic E-state index is -0.0486. The molecule has 1 heteroatoms. The molecule has 0 aromatic rings. The van der Waals surface area contributed by atoms with Gasteiger partial charge in [0.05, 0.1) is 0 Å². The molecule has 0 N–H and O–H groups in total. The molecule has 0 aromatic heterocycles. The molecule has 0 radical (unpaired) electrons. The van der Waals surface area contributed by atoms with Crippen LogP contribution in [0.4, 0.5) is 0 Å². The third-order valence-corrected chi connectivity index (χ3v) is 8.70. The van der Waals surface area contributed by atoms with E-state index in [9.17, 15) is 0 Å². The fraction of sp³-hybridized carbons (Fsp3) is 0.778. The summed E-state index contributed by atoms with van der Waals surface area (Å²) in [7, 11) is 0. The number of fused-ring (bicyclic) bond motifs is 1. The molecule has 0 saturated heterocycles. The molecule has 0 bridgehead atoms. The van der Waals surface area contributed by atoms with Crippen LogP contribution in [0.2, 0.25) is 0 Å². The molecule has 2 unspecified atom stereocenters. The third-order valence-electron chi connectivity index (χ3n) is 8.25. The summed E-state index contributed by atoms with van der Waals surface area (Å²) >= 11 is 7.26. The van der Waals surface area contributed by atoms with Gasteiger partial charge in [0, 0.05) is 4.87 Å². The standard InChI is InChI=1S/C27H43Cl/c1-20(2)10-8-19-27(5,28)25-17-16-24-23(13-9-18-26(24,25)4)15-14-22-12-7-6-11-21(22)3/h13-15,20,24-25H,6-12,16-19H2,1-5H3/b15-14+/t24?,25-,26-,27?/m0/s1. The molecule has 28 heavy (non-hydrogen) atoms. The predicted octanol–water partition coefficient (Wildman–Crippen LogP) is 9.01. The second-order valence-corrected chi connectivity index (χ2v) is 11.7. The molecule has 0 aromatic carbocycles. The van der Waals surface area contributed by atoms with Crippen molar-refractivity contribution in [2.45, 2.75) is 110 Å². The first-order valence-corrected chi connectivity index (χ1v) is 12.4. The summed E-state index contributed by atoms with van der Waals surface area (Å²) in [5.74, 6) is 2.13. The Morgan fingerprint density at radius 3 is 2.68 bits per heavy atom. The lowest BCUT2D eigenvalue weighted by Crippen LogP contribution is -2.41. The Morgan fingerprint density at radius 1 is 1.21 bits per heavy atom. The molecule has 3 aliphatic rings. The van der Waals surface area contributed by atoms with Gasteiger partial charge in [0.15, 0.2) is 0 Å². The van der Waals surface area contributed by atoms with Crippen molar-refractivity contribution in [2.75, 3.05) is 0 Å². The van der Waals surface area contributed by atoms with Crippen molar-refractivity contribution in [2.24, 2.45) is 23.2 Å². The molecular formula is C27H43Cl. The molecule has 4 atom stereocenters. The fourth-order valence-corrected chi connectivity index (χ4v) is 7.02. The van der Waals surface area contributed by atoms with Gasteiger partial charge in [0.1, 0.15) is 0 Å². The van der Waals surface area contributed by atoms with E-state index in [2.05, 4.69) is 52.8 Å². The minimum absolute atomic E-state index is 0.0486. The summed E-state index contributed by atoms with van der Waals surface area (Å²) in [5, 5.41) is 0. The smallest absolute Gasteiger partial charge is 0.0452 e. The highest BCUT2D eigenvalue weighted by Gasteiger charge is 2.54. The number of rotatable bonds is 7. The first kappa shape index (κ1) is 22.2. The predicted molar refractivity (Wildman–Crippen MR) is 125 cm³/mol. The zero-order valence-electron chi connectivity index (χ0n) is 19.1. The average Bonchev–Trinajstić information content (AvgIpc) is 2.99. The van der Waals surface area contributed by atoms with Crippen LogP contribution >= 0.6 is 11.6 Å². The molecule has 0 spiro atoms. The van der Waals surface area contributed by atoms with E-state index in [0.29, 0.717) is 17.3 Å². The second kappa shape index (κ2) is 9.11. The summed E-state index contributed by atoms with van der Waals surface area (Å²) in [6.07, 6.45) is 21.7. The molecular weight excluding hydrogens is 360 g/mol. The highest BCUT2D eigenvalue weighted by molar-refractivity contribution is 6.24. The summed E-state index contributed by atoms with van der Waals surface area (Å²) in [6, 6.07) is 0. The maximum atomic E-state index is 7.26. The fourth-order valence-electron chi connectivity index (χ4n) is 6.53. The average molecular weight is 403 g/mol. The monoisotopic (exact) mass is 402 g/mol. The van der Waals surface area contributed by atoms with Gasteiger partial charge >= 0.3 is 0 Å². The van der Waals surface area contributed by atoms with Crippen LogP contribution in [0.1, 0.15) is 105 Å². The van der Waals surface area contributed by atoms with Gasteiger partial charge in [0.2, 0.25) is 0 Å². The normalized spacial score (nSPS) is 33.3. The van der Waals surface area contributed by atoms with Gasteiger partial charge in [-0.05, 0) is 106 Å². The van der Waals surface area contributed by atoms with E-state index < -0.39 is 0 Å². The Morgan fingerprint density at radius 2 is 1.96 bits per heavy atom. The van der Waals surface area contributed by atoms with Crippen LogP contribution in [-0.2, 0) is 0 Å². The van der Waals surface area contributed by atoms with Crippen LogP contribution < -0.4 is 0 Å². The van der Waals surface area contributed by atoms with Crippen LogP contribution in [0.5, 0.6) is 0 Å². The first-order chi connectivity index (χ1) is 13.2. The molecule has 1 fully saturated rings. The van der Waals surface area contributed by atoms with E-state index in [1.54, 1.807) is 16.7 Å². The molecule has 0 amide bonds. The van der Waals surface area contributed by atoms with E-state index >= 15 is 0 Å². The van der Waals surface area contributed by atoms with Crippen LogP contribution in [0.15, 0.2) is 34.9 Å². The van der Waals surface area contributed by atoms with Crippen LogP contribution in [0.3, 0.4) is 0 Å². The SMILES string of the molecule is CC1=C(/C=C/C2=CCC[C@@]3(C)C2CC[C@@H]3C(C)(Cl)CCCC(C)C)CCCC1. The Bertz CT molecular complexity index is 633. The lowest BCUT2D eigenvalue weighted by atomic mass is 9.61. The maximum Gasteiger partial charge on any atom is 0.0452 e. The Kier molecular flexibility index (Phi) is 7.23. The first-order valence-electron chi connectivity index (χ1n) is 12.0. The summed E-state index contributed by atoms with van der Waals surface area (Å²) in [4.78, 5) is -0.0486. The van der Waals surface area contributed by atoms with Gasteiger partial charge in [0.25, 0.3) is 0 Å². The van der Waals surface area contributed by atoms with Crippen molar-refractivity contribution in [3.63, 3.8) is 0 Å². The quantitative estimate of drug-likeness (QED) is 0.372. The molecule has 0 nitrogen and oxygen atoms in total. The van der Waals surface area contributed by atoms with Gasteiger partial charge in [-0.2, -0.15) is 0 Å². The van der Waals surface area contributed by atoms with E-state index in [4.69, 9.17) is 11.6 Å². The van der Waals surface area contributed by atoms with Gasteiger partial charge < -0.3 is 0 Å². The van der Waals surface area contributed by atoms with Gasteiger partial charge in [-0.3, -0.25) is 0 Å². The Balaban J connectivity index is 1.72. The van der Waals surface area contributed by atoms with Crippen LogP contribution in [0.25, 0.3) is 0 Å². The van der Waals surface area contributed by atoms with Crippen LogP contribution in [0, 0.1) is 23.2 Å². The van der Waals surface area contributed by atoms with Crippen LogP contribution in [-0.4, -0.2) is 4.87 Å².